The molecule has 124 valence electrons. The van der Waals surface area contributed by atoms with Crippen LogP contribution in [0.4, 0.5) is 11.4 Å². The molecule has 1 N–H and O–H groups in total. The molecule has 7 heteroatoms. The first-order valence-electron chi connectivity index (χ1n) is 7.25. The molecule has 0 spiro atoms. The summed E-state index contributed by atoms with van der Waals surface area (Å²) in [4.78, 5) is 24.1. The van der Waals surface area contributed by atoms with Gasteiger partial charge in [-0.1, -0.05) is 12.1 Å². The highest BCUT2D eigenvalue weighted by Gasteiger charge is 2.09. The molecule has 0 unspecified atom stereocenters. The maximum Gasteiger partial charge on any atom is 0.271 e. The van der Waals surface area contributed by atoms with E-state index < -0.39 is 10.8 Å². The molecule has 0 saturated carbocycles. The number of carbonyl (C=O) groups is 1. The average Bonchev–Trinajstić information content (AvgIpc) is 2.59. The molecule has 0 aliphatic carbocycles. The van der Waals surface area contributed by atoms with Crippen LogP contribution >= 0.6 is 0 Å². The molecule has 0 radical (unpaired) electrons. The largest absolute Gasteiger partial charge is 0.378 e. The Hall–Kier alpha value is -3.22. The monoisotopic (exact) mass is 326 g/mol. The number of non-ortho nitro benzene ring substituents is 1. The Balaban J connectivity index is 2.05. The Morgan fingerprint density at radius 1 is 1.04 bits per heavy atom. The Kier molecular flexibility index (Phi) is 5.26. The predicted molar refractivity (Wildman–Crippen MR) is 93.5 cm³/mol. The number of amides is 1. The summed E-state index contributed by atoms with van der Waals surface area (Å²) >= 11 is 0. The number of rotatable bonds is 5. The number of hydrogen-bond acceptors (Lipinski definition) is 5. The van der Waals surface area contributed by atoms with Crippen molar-refractivity contribution in [2.45, 2.75) is 6.92 Å². The SMILES string of the molecule is C/C(=N/NC(=O)c1ccc([N+](=O)[O-])cc1)c1ccc(N(C)C)cc1. The van der Waals surface area contributed by atoms with Gasteiger partial charge in [-0.3, -0.25) is 14.9 Å². The second-order valence-electron chi connectivity index (χ2n) is 5.38. The molecule has 2 rings (SSSR count). The first kappa shape index (κ1) is 17.1. The summed E-state index contributed by atoms with van der Waals surface area (Å²) in [5.41, 5.74) is 5.32. The average molecular weight is 326 g/mol. The van der Waals surface area contributed by atoms with Crippen LogP contribution in [0.3, 0.4) is 0 Å². The van der Waals surface area contributed by atoms with Gasteiger partial charge in [0.2, 0.25) is 0 Å². The molecular formula is C17H18N4O3. The summed E-state index contributed by atoms with van der Waals surface area (Å²) in [6.07, 6.45) is 0. The normalized spacial score (nSPS) is 11.0. The Morgan fingerprint density at radius 2 is 1.58 bits per heavy atom. The third-order valence-electron chi connectivity index (χ3n) is 3.47. The van der Waals surface area contributed by atoms with E-state index in [9.17, 15) is 14.9 Å². The number of nitro benzene ring substituents is 1. The van der Waals surface area contributed by atoms with E-state index in [1.54, 1.807) is 6.92 Å². The molecule has 7 nitrogen and oxygen atoms in total. The van der Waals surface area contributed by atoms with Crippen molar-refractivity contribution in [1.29, 1.82) is 0 Å². The number of nitrogens with one attached hydrogen (secondary N) is 1. The zero-order valence-corrected chi connectivity index (χ0v) is 13.7. The first-order valence-corrected chi connectivity index (χ1v) is 7.25. The summed E-state index contributed by atoms with van der Waals surface area (Å²) < 4.78 is 0. The van der Waals surface area contributed by atoms with Gasteiger partial charge in [0, 0.05) is 37.5 Å². The number of hydrogen-bond donors (Lipinski definition) is 1. The van der Waals surface area contributed by atoms with Crippen LogP contribution in [0.1, 0.15) is 22.8 Å². The van der Waals surface area contributed by atoms with Crippen molar-refractivity contribution in [3.05, 3.63) is 69.8 Å². The van der Waals surface area contributed by atoms with E-state index in [4.69, 9.17) is 0 Å². The fourth-order valence-electron chi connectivity index (χ4n) is 2.00. The molecule has 2 aromatic rings. The van der Waals surface area contributed by atoms with Crippen LogP contribution in [0.5, 0.6) is 0 Å². The van der Waals surface area contributed by atoms with E-state index in [0.717, 1.165) is 11.3 Å². The van der Waals surface area contributed by atoms with Gasteiger partial charge < -0.3 is 4.90 Å². The van der Waals surface area contributed by atoms with E-state index in [2.05, 4.69) is 10.5 Å². The van der Waals surface area contributed by atoms with Gasteiger partial charge in [-0.2, -0.15) is 5.10 Å². The summed E-state index contributed by atoms with van der Waals surface area (Å²) in [5.74, 6) is -0.422. The van der Waals surface area contributed by atoms with Gasteiger partial charge in [0.05, 0.1) is 10.6 Å². The molecule has 24 heavy (non-hydrogen) atoms. The number of anilines is 1. The topological polar surface area (TPSA) is 87.8 Å². The van der Waals surface area contributed by atoms with Gasteiger partial charge in [-0.25, -0.2) is 5.43 Å². The smallest absolute Gasteiger partial charge is 0.271 e. The molecule has 0 aliphatic heterocycles. The molecular weight excluding hydrogens is 308 g/mol. The van der Waals surface area contributed by atoms with E-state index >= 15 is 0 Å². The maximum atomic E-state index is 12.0. The Morgan fingerprint density at radius 3 is 2.08 bits per heavy atom. The van der Waals surface area contributed by atoms with Gasteiger partial charge >= 0.3 is 0 Å². The van der Waals surface area contributed by atoms with Crippen molar-refractivity contribution in [1.82, 2.24) is 5.43 Å². The Labute approximate surface area is 139 Å². The number of hydrazone groups is 1. The number of benzene rings is 2. The zero-order valence-electron chi connectivity index (χ0n) is 13.7. The molecule has 0 aliphatic rings. The van der Waals surface area contributed by atoms with Crippen molar-refractivity contribution in [3.8, 4) is 0 Å². The molecule has 0 atom stereocenters. The first-order chi connectivity index (χ1) is 11.4. The predicted octanol–water partition coefficient (Wildman–Crippen LogP) is 2.81. The number of carbonyl (C=O) groups excluding carboxylic acids is 1. The molecule has 2 aromatic carbocycles. The molecule has 0 aromatic heterocycles. The van der Waals surface area contributed by atoms with Crippen LogP contribution in [0, 0.1) is 10.1 Å². The quantitative estimate of drug-likeness (QED) is 0.520. The summed E-state index contributed by atoms with van der Waals surface area (Å²) in [6, 6.07) is 13.1. The lowest BCUT2D eigenvalue weighted by Gasteiger charge is -2.12. The van der Waals surface area contributed by atoms with Crippen molar-refractivity contribution in [3.63, 3.8) is 0 Å². The van der Waals surface area contributed by atoms with Gasteiger partial charge in [0.25, 0.3) is 11.6 Å². The second kappa shape index (κ2) is 7.36. The van der Waals surface area contributed by atoms with Crippen LogP contribution in [-0.4, -0.2) is 30.6 Å². The maximum absolute atomic E-state index is 12.0. The van der Waals surface area contributed by atoms with E-state index in [0.29, 0.717) is 11.3 Å². The van der Waals surface area contributed by atoms with Crippen LogP contribution in [0.15, 0.2) is 53.6 Å². The van der Waals surface area contributed by atoms with Crippen LogP contribution in [-0.2, 0) is 0 Å². The van der Waals surface area contributed by atoms with E-state index in [-0.39, 0.29) is 5.69 Å². The van der Waals surface area contributed by atoms with Gasteiger partial charge in [0.15, 0.2) is 0 Å². The molecule has 1 amide bonds. The molecule has 0 saturated heterocycles. The van der Waals surface area contributed by atoms with Crippen LogP contribution in [0.25, 0.3) is 0 Å². The minimum Gasteiger partial charge on any atom is -0.378 e. The van der Waals surface area contributed by atoms with Crippen LogP contribution < -0.4 is 10.3 Å². The lowest BCUT2D eigenvalue weighted by molar-refractivity contribution is -0.384. The number of nitrogens with zero attached hydrogens (tertiary/aromatic N) is 3. The second-order valence-corrected chi connectivity index (χ2v) is 5.38. The Bertz CT molecular complexity index is 765. The fourth-order valence-corrected chi connectivity index (χ4v) is 2.00. The highest BCUT2D eigenvalue weighted by Crippen LogP contribution is 2.13. The van der Waals surface area contributed by atoms with Crippen LogP contribution in [0.2, 0.25) is 0 Å². The standard InChI is InChI=1S/C17H18N4O3/c1-12(13-4-8-15(9-5-13)20(2)3)18-19-17(22)14-6-10-16(11-7-14)21(23)24/h4-11H,1-3H3,(H,19,22)/b18-12-. The highest BCUT2D eigenvalue weighted by atomic mass is 16.6. The van der Waals surface area contributed by atoms with Crippen molar-refractivity contribution < 1.29 is 9.72 Å². The minimum atomic E-state index is -0.513. The third-order valence-corrected chi connectivity index (χ3v) is 3.47. The van der Waals surface area contributed by atoms with E-state index in [1.165, 1.54) is 24.3 Å². The highest BCUT2D eigenvalue weighted by molar-refractivity contribution is 6.01. The van der Waals surface area contributed by atoms with Gasteiger partial charge in [-0.05, 0) is 36.8 Å². The lowest BCUT2D eigenvalue weighted by Crippen LogP contribution is -2.19. The third kappa shape index (κ3) is 4.16. The van der Waals surface area contributed by atoms with Gasteiger partial charge in [0.1, 0.15) is 0 Å². The lowest BCUT2D eigenvalue weighted by atomic mass is 10.1. The summed E-state index contributed by atoms with van der Waals surface area (Å²) in [7, 11) is 3.92. The minimum absolute atomic E-state index is 0.0628. The van der Waals surface area contributed by atoms with E-state index in [1.807, 2.05) is 43.3 Å². The number of nitro groups is 1. The molecule has 0 bridgehead atoms. The van der Waals surface area contributed by atoms with Crippen molar-refractivity contribution >= 4 is 23.0 Å². The summed E-state index contributed by atoms with van der Waals surface area (Å²) in [5, 5.41) is 14.7. The zero-order chi connectivity index (χ0) is 17.7. The molecule has 0 heterocycles. The fraction of sp³-hybridized carbons (Fsp3) is 0.176. The molecule has 0 fully saturated rings. The van der Waals surface area contributed by atoms with Crippen molar-refractivity contribution in [2.24, 2.45) is 5.10 Å². The van der Waals surface area contributed by atoms with Gasteiger partial charge in [-0.15, -0.1) is 0 Å². The summed E-state index contributed by atoms with van der Waals surface area (Å²) in [6.45, 7) is 1.79. The van der Waals surface area contributed by atoms with Crippen molar-refractivity contribution in [2.75, 3.05) is 19.0 Å².